The molecule has 3 nitrogen and oxygen atoms in total. The van der Waals surface area contributed by atoms with Crippen molar-refractivity contribution < 1.29 is 9.15 Å². The molecule has 1 heterocycles. The number of nitrogens with one attached hydrogen (secondary N) is 1. The highest BCUT2D eigenvalue weighted by molar-refractivity contribution is 9.10. The zero-order valence-electron chi connectivity index (χ0n) is 12.3. The van der Waals surface area contributed by atoms with Crippen LogP contribution in [0.2, 0.25) is 0 Å². The first-order valence-electron chi connectivity index (χ1n) is 6.70. The summed E-state index contributed by atoms with van der Waals surface area (Å²) in [6.45, 7) is 7.09. The van der Waals surface area contributed by atoms with Gasteiger partial charge in [-0.2, -0.15) is 0 Å². The van der Waals surface area contributed by atoms with E-state index in [1.54, 1.807) is 7.11 Å². The average Bonchev–Trinajstić information content (AvgIpc) is 2.82. The van der Waals surface area contributed by atoms with Crippen LogP contribution in [0, 0.1) is 13.8 Å². The van der Waals surface area contributed by atoms with Crippen molar-refractivity contribution >= 4 is 15.9 Å². The Morgan fingerprint density at radius 3 is 2.35 bits per heavy atom. The van der Waals surface area contributed by atoms with Crippen LogP contribution in [-0.4, -0.2) is 13.7 Å². The molecule has 2 aromatic rings. The number of rotatable bonds is 5. The Kier molecular flexibility index (Phi) is 4.89. The van der Waals surface area contributed by atoms with Gasteiger partial charge in [0.25, 0.3) is 0 Å². The molecule has 1 N–H and O–H groups in total. The summed E-state index contributed by atoms with van der Waals surface area (Å²) in [5.74, 6) is 1.85. The molecule has 1 aromatic heterocycles. The second-order valence-corrected chi connectivity index (χ2v) is 5.60. The van der Waals surface area contributed by atoms with Crippen molar-refractivity contribution in [1.29, 1.82) is 0 Å². The molecule has 20 heavy (non-hydrogen) atoms. The van der Waals surface area contributed by atoms with Crippen LogP contribution in [-0.2, 0) is 0 Å². The van der Waals surface area contributed by atoms with Gasteiger partial charge in [0.15, 0.2) is 4.67 Å². The number of furan rings is 1. The maximum Gasteiger partial charge on any atom is 0.169 e. The van der Waals surface area contributed by atoms with Crippen molar-refractivity contribution in [3.63, 3.8) is 0 Å². The Labute approximate surface area is 128 Å². The zero-order valence-corrected chi connectivity index (χ0v) is 13.9. The van der Waals surface area contributed by atoms with Crippen molar-refractivity contribution in [3.8, 4) is 5.75 Å². The van der Waals surface area contributed by atoms with Gasteiger partial charge in [-0.05, 0) is 65.1 Å². The predicted molar refractivity (Wildman–Crippen MR) is 84.4 cm³/mol. The fourth-order valence-corrected chi connectivity index (χ4v) is 2.86. The fourth-order valence-electron chi connectivity index (χ4n) is 2.54. The van der Waals surface area contributed by atoms with E-state index in [9.17, 15) is 0 Å². The molecule has 108 valence electrons. The molecule has 0 saturated heterocycles. The normalized spacial score (nSPS) is 12.4. The molecule has 0 aliphatic heterocycles. The summed E-state index contributed by atoms with van der Waals surface area (Å²) < 4.78 is 11.9. The van der Waals surface area contributed by atoms with Crippen molar-refractivity contribution in [1.82, 2.24) is 5.32 Å². The van der Waals surface area contributed by atoms with E-state index in [0.29, 0.717) is 0 Å². The third kappa shape index (κ3) is 3.07. The van der Waals surface area contributed by atoms with Crippen LogP contribution in [0.15, 0.2) is 33.4 Å². The summed E-state index contributed by atoms with van der Waals surface area (Å²) in [4.78, 5) is 0. The molecule has 1 unspecified atom stereocenters. The maximum absolute atomic E-state index is 5.71. The number of benzene rings is 1. The van der Waals surface area contributed by atoms with Gasteiger partial charge >= 0.3 is 0 Å². The molecule has 0 radical (unpaired) electrons. The minimum absolute atomic E-state index is 0.0506. The van der Waals surface area contributed by atoms with Gasteiger partial charge in [-0.15, -0.1) is 0 Å². The van der Waals surface area contributed by atoms with E-state index in [2.05, 4.69) is 54.2 Å². The lowest BCUT2D eigenvalue weighted by Crippen LogP contribution is -2.21. The van der Waals surface area contributed by atoms with E-state index in [-0.39, 0.29) is 6.04 Å². The second kappa shape index (κ2) is 6.46. The monoisotopic (exact) mass is 337 g/mol. The summed E-state index contributed by atoms with van der Waals surface area (Å²) in [6.07, 6.45) is 0. The first-order chi connectivity index (χ1) is 9.56. The highest BCUT2D eigenvalue weighted by Crippen LogP contribution is 2.31. The molecule has 0 amide bonds. The lowest BCUT2D eigenvalue weighted by molar-refractivity contribution is 0.407. The van der Waals surface area contributed by atoms with Crippen LogP contribution in [0.5, 0.6) is 5.75 Å². The van der Waals surface area contributed by atoms with Gasteiger partial charge in [-0.3, -0.25) is 0 Å². The minimum atomic E-state index is 0.0506. The predicted octanol–water partition coefficient (Wildman–Crippen LogP) is 4.37. The summed E-state index contributed by atoms with van der Waals surface area (Å²) in [6, 6.07) is 8.26. The number of aryl methyl sites for hydroxylation is 2. The molecule has 4 heteroatoms. The third-order valence-electron chi connectivity index (χ3n) is 3.31. The van der Waals surface area contributed by atoms with Crippen LogP contribution in [0.25, 0.3) is 0 Å². The van der Waals surface area contributed by atoms with Gasteiger partial charge in [0, 0.05) is 0 Å². The summed E-state index contributed by atoms with van der Waals surface area (Å²) in [5.41, 5.74) is 3.46. The lowest BCUT2D eigenvalue weighted by atomic mass is 9.98. The quantitative estimate of drug-likeness (QED) is 0.879. The molecule has 0 bridgehead atoms. The highest BCUT2D eigenvalue weighted by Gasteiger charge is 2.18. The summed E-state index contributed by atoms with van der Waals surface area (Å²) >= 11 is 3.36. The van der Waals surface area contributed by atoms with Crippen molar-refractivity contribution in [2.75, 3.05) is 13.7 Å². The van der Waals surface area contributed by atoms with E-state index in [4.69, 9.17) is 9.15 Å². The van der Waals surface area contributed by atoms with Crippen molar-refractivity contribution in [2.45, 2.75) is 26.8 Å². The Bertz CT molecular complexity index is 569. The lowest BCUT2D eigenvalue weighted by Gasteiger charge is -2.19. The summed E-state index contributed by atoms with van der Waals surface area (Å²) in [7, 11) is 1.71. The zero-order chi connectivity index (χ0) is 14.7. The Morgan fingerprint density at radius 2 is 1.90 bits per heavy atom. The Hall–Kier alpha value is -1.26. The molecule has 0 fully saturated rings. The Morgan fingerprint density at radius 1 is 1.25 bits per heavy atom. The van der Waals surface area contributed by atoms with Gasteiger partial charge in [-0.1, -0.05) is 19.1 Å². The van der Waals surface area contributed by atoms with Gasteiger partial charge in [0.2, 0.25) is 0 Å². The molecular weight excluding hydrogens is 318 g/mol. The Balaban J connectivity index is 2.44. The molecule has 1 atom stereocenters. The third-order valence-corrected chi connectivity index (χ3v) is 3.73. The topological polar surface area (TPSA) is 34.4 Å². The van der Waals surface area contributed by atoms with Crippen molar-refractivity contribution in [2.24, 2.45) is 0 Å². The number of halogens is 1. The second-order valence-electron chi connectivity index (χ2n) is 4.82. The van der Waals surface area contributed by atoms with Crippen LogP contribution in [0.3, 0.4) is 0 Å². The largest absolute Gasteiger partial charge is 0.496 e. The van der Waals surface area contributed by atoms with Crippen LogP contribution >= 0.6 is 15.9 Å². The fraction of sp³-hybridized carbons (Fsp3) is 0.375. The smallest absolute Gasteiger partial charge is 0.169 e. The average molecular weight is 338 g/mol. The van der Waals surface area contributed by atoms with E-state index in [1.807, 2.05) is 12.1 Å². The van der Waals surface area contributed by atoms with Crippen LogP contribution in [0.4, 0.5) is 0 Å². The van der Waals surface area contributed by atoms with Crippen LogP contribution < -0.4 is 10.1 Å². The number of hydrogen-bond donors (Lipinski definition) is 1. The van der Waals surface area contributed by atoms with Gasteiger partial charge in [0.1, 0.15) is 11.5 Å². The maximum atomic E-state index is 5.71. The standard InChI is InChI=1S/C16H20BrNO2/c1-5-18-15(13-6-7-14(17)20-13)12-8-10(2)16(19-4)11(3)9-12/h6-9,15,18H,5H2,1-4H3. The minimum Gasteiger partial charge on any atom is -0.496 e. The molecule has 0 aliphatic carbocycles. The van der Waals surface area contributed by atoms with E-state index in [1.165, 1.54) is 5.56 Å². The molecule has 0 spiro atoms. The highest BCUT2D eigenvalue weighted by atomic mass is 79.9. The van der Waals surface area contributed by atoms with E-state index < -0.39 is 0 Å². The van der Waals surface area contributed by atoms with E-state index in [0.717, 1.165) is 33.9 Å². The first-order valence-corrected chi connectivity index (χ1v) is 7.49. The van der Waals surface area contributed by atoms with Gasteiger partial charge in [-0.25, -0.2) is 0 Å². The number of hydrogen-bond acceptors (Lipinski definition) is 3. The van der Waals surface area contributed by atoms with E-state index >= 15 is 0 Å². The number of methoxy groups -OCH3 is 1. The molecule has 0 aliphatic rings. The SMILES string of the molecule is CCNC(c1cc(C)c(OC)c(C)c1)c1ccc(Br)o1. The number of ether oxygens (including phenoxy) is 1. The van der Waals surface area contributed by atoms with Crippen molar-refractivity contribution in [3.05, 3.63) is 51.4 Å². The molecule has 1 aromatic carbocycles. The van der Waals surface area contributed by atoms with Gasteiger partial charge in [0.05, 0.1) is 13.2 Å². The first kappa shape index (κ1) is 15.1. The molecule has 0 saturated carbocycles. The van der Waals surface area contributed by atoms with Crippen LogP contribution in [0.1, 0.15) is 35.4 Å². The molecule has 2 rings (SSSR count). The summed E-state index contributed by atoms with van der Waals surface area (Å²) in [5, 5.41) is 3.47. The molecular formula is C16H20BrNO2. The van der Waals surface area contributed by atoms with Gasteiger partial charge < -0.3 is 14.5 Å².